The van der Waals surface area contributed by atoms with Crippen LogP contribution >= 0.6 is 0 Å². The Balaban J connectivity index is 2.09. The van der Waals surface area contributed by atoms with E-state index in [2.05, 4.69) is 34.0 Å². The summed E-state index contributed by atoms with van der Waals surface area (Å²) in [5.41, 5.74) is 0. The van der Waals surface area contributed by atoms with Crippen molar-refractivity contribution in [2.45, 2.75) is 38.8 Å². The number of aliphatic hydroxyl groups is 1. The lowest BCUT2D eigenvalue weighted by molar-refractivity contribution is 0.154. The van der Waals surface area contributed by atoms with E-state index in [0.29, 0.717) is 12.6 Å². The summed E-state index contributed by atoms with van der Waals surface area (Å²) >= 11 is 0. The summed E-state index contributed by atoms with van der Waals surface area (Å²) in [5, 5.41) is 12.9. The van der Waals surface area contributed by atoms with Gasteiger partial charge in [-0.15, -0.1) is 0 Å². The molecule has 2 heterocycles. The number of piperidine rings is 1. The average Bonchev–Trinajstić information content (AvgIpc) is 2.28. The molecule has 1 fully saturated rings. The minimum absolute atomic E-state index is 0.236. The van der Waals surface area contributed by atoms with Gasteiger partial charge >= 0.3 is 0 Å². The number of aromatic nitrogens is 2. The van der Waals surface area contributed by atoms with E-state index in [4.69, 9.17) is 0 Å². The summed E-state index contributed by atoms with van der Waals surface area (Å²) < 4.78 is 0. The van der Waals surface area contributed by atoms with E-state index in [1.54, 1.807) is 6.33 Å². The lowest BCUT2D eigenvalue weighted by Crippen LogP contribution is -2.38. The van der Waals surface area contributed by atoms with Crippen LogP contribution in [0.5, 0.6) is 0 Å². The SMILES string of the molecule is CC(C)Nc1cc(N2CCCC(O)C2)ncn1. The molecule has 1 aliphatic heterocycles. The maximum absolute atomic E-state index is 9.65. The first-order valence-corrected chi connectivity index (χ1v) is 6.17. The van der Waals surface area contributed by atoms with Crippen molar-refractivity contribution in [2.75, 3.05) is 23.3 Å². The van der Waals surface area contributed by atoms with E-state index < -0.39 is 0 Å². The number of rotatable bonds is 3. The second-order valence-electron chi connectivity index (χ2n) is 4.80. The van der Waals surface area contributed by atoms with Crippen LogP contribution < -0.4 is 10.2 Å². The van der Waals surface area contributed by atoms with E-state index >= 15 is 0 Å². The minimum atomic E-state index is -0.236. The lowest BCUT2D eigenvalue weighted by Gasteiger charge is -2.31. The van der Waals surface area contributed by atoms with Crippen LogP contribution in [0.1, 0.15) is 26.7 Å². The molecule has 0 aromatic carbocycles. The normalized spacial score (nSPS) is 20.7. The van der Waals surface area contributed by atoms with Crippen molar-refractivity contribution >= 4 is 11.6 Å². The molecule has 1 aliphatic rings. The highest BCUT2D eigenvalue weighted by Crippen LogP contribution is 2.19. The molecule has 0 aliphatic carbocycles. The molecule has 1 aromatic rings. The van der Waals surface area contributed by atoms with Crippen LogP contribution in [-0.2, 0) is 0 Å². The zero-order chi connectivity index (χ0) is 12.3. The Kier molecular flexibility index (Phi) is 3.78. The van der Waals surface area contributed by atoms with Gasteiger partial charge in [-0.3, -0.25) is 0 Å². The van der Waals surface area contributed by atoms with Gasteiger partial charge in [0.2, 0.25) is 0 Å². The molecule has 0 radical (unpaired) electrons. The molecular weight excluding hydrogens is 216 g/mol. The Morgan fingerprint density at radius 3 is 3.00 bits per heavy atom. The molecule has 1 atom stereocenters. The van der Waals surface area contributed by atoms with Crippen molar-refractivity contribution in [3.8, 4) is 0 Å². The van der Waals surface area contributed by atoms with Gasteiger partial charge in [0, 0.05) is 25.2 Å². The van der Waals surface area contributed by atoms with Gasteiger partial charge in [-0.05, 0) is 26.7 Å². The number of aliphatic hydroxyl groups excluding tert-OH is 1. The predicted molar refractivity (Wildman–Crippen MR) is 68.2 cm³/mol. The van der Waals surface area contributed by atoms with E-state index in [-0.39, 0.29) is 6.10 Å². The molecule has 2 N–H and O–H groups in total. The number of hydrogen-bond acceptors (Lipinski definition) is 5. The summed E-state index contributed by atoms with van der Waals surface area (Å²) in [5.74, 6) is 1.73. The quantitative estimate of drug-likeness (QED) is 0.827. The van der Waals surface area contributed by atoms with Gasteiger partial charge in [-0.2, -0.15) is 0 Å². The Hall–Kier alpha value is -1.36. The fraction of sp³-hybridized carbons (Fsp3) is 0.667. The highest BCUT2D eigenvalue weighted by atomic mass is 16.3. The molecule has 5 nitrogen and oxygen atoms in total. The van der Waals surface area contributed by atoms with Crippen LogP contribution in [-0.4, -0.2) is 40.3 Å². The lowest BCUT2D eigenvalue weighted by atomic mass is 10.1. The molecule has 0 saturated carbocycles. The molecule has 0 spiro atoms. The largest absolute Gasteiger partial charge is 0.391 e. The smallest absolute Gasteiger partial charge is 0.134 e. The van der Waals surface area contributed by atoms with Gasteiger partial charge < -0.3 is 15.3 Å². The monoisotopic (exact) mass is 236 g/mol. The van der Waals surface area contributed by atoms with E-state index in [9.17, 15) is 5.11 Å². The Labute approximate surface area is 102 Å². The first kappa shape index (κ1) is 12.1. The van der Waals surface area contributed by atoms with Gasteiger partial charge in [0.15, 0.2) is 0 Å². The summed E-state index contributed by atoms with van der Waals surface area (Å²) in [6.07, 6.45) is 3.23. The first-order valence-electron chi connectivity index (χ1n) is 6.17. The summed E-state index contributed by atoms with van der Waals surface area (Å²) in [4.78, 5) is 10.6. The van der Waals surface area contributed by atoms with Gasteiger partial charge in [0.1, 0.15) is 18.0 Å². The van der Waals surface area contributed by atoms with Crippen LogP contribution in [0.3, 0.4) is 0 Å². The summed E-state index contributed by atoms with van der Waals surface area (Å²) in [6.45, 7) is 5.77. The van der Waals surface area contributed by atoms with Gasteiger partial charge in [0.25, 0.3) is 0 Å². The molecule has 1 unspecified atom stereocenters. The van der Waals surface area contributed by atoms with Crippen molar-refractivity contribution in [1.82, 2.24) is 9.97 Å². The van der Waals surface area contributed by atoms with Crippen molar-refractivity contribution in [3.05, 3.63) is 12.4 Å². The van der Waals surface area contributed by atoms with Crippen LogP contribution in [0, 0.1) is 0 Å². The molecule has 2 rings (SSSR count). The van der Waals surface area contributed by atoms with Gasteiger partial charge in [-0.1, -0.05) is 0 Å². The topological polar surface area (TPSA) is 61.3 Å². The zero-order valence-electron chi connectivity index (χ0n) is 10.4. The molecule has 0 amide bonds. The maximum atomic E-state index is 9.65. The second kappa shape index (κ2) is 5.31. The van der Waals surface area contributed by atoms with E-state index in [0.717, 1.165) is 31.0 Å². The molecule has 1 aromatic heterocycles. The second-order valence-corrected chi connectivity index (χ2v) is 4.80. The highest BCUT2D eigenvalue weighted by molar-refractivity contribution is 5.49. The molecule has 94 valence electrons. The number of anilines is 2. The average molecular weight is 236 g/mol. The summed E-state index contributed by atoms with van der Waals surface area (Å²) in [6, 6.07) is 2.29. The Bertz CT molecular complexity index is 369. The van der Waals surface area contributed by atoms with Crippen LogP contribution in [0.2, 0.25) is 0 Å². The third-order valence-corrected chi connectivity index (χ3v) is 2.81. The summed E-state index contributed by atoms with van der Waals surface area (Å²) in [7, 11) is 0. The third-order valence-electron chi connectivity index (χ3n) is 2.81. The molecule has 17 heavy (non-hydrogen) atoms. The fourth-order valence-corrected chi connectivity index (χ4v) is 2.06. The first-order chi connectivity index (χ1) is 8.15. The van der Waals surface area contributed by atoms with Crippen molar-refractivity contribution in [2.24, 2.45) is 0 Å². The molecule has 0 bridgehead atoms. The van der Waals surface area contributed by atoms with E-state index in [1.807, 2.05) is 6.07 Å². The van der Waals surface area contributed by atoms with Gasteiger partial charge in [-0.25, -0.2) is 9.97 Å². The maximum Gasteiger partial charge on any atom is 0.134 e. The van der Waals surface area contributed by atoms with Crippen LogP contribution in [0.25, 0.3) is 0 Å². The van der Waals surface area contributed by atoms with Gasteiger partial charge in [0.05, 0.1) is 6.10 Å². The number of β-amino-alcohol motifs (C(OH)–C–C–N with tert-alkyl or cyclic N) is 1. The molecular formula is C12H20N4O. The number of nitrogens with one attached hydrogen (secondary N) is 1. The Morgan fingerprint density at radius 1 is 1.47 bits per heavy atom. The van der Waals surface area contributed by atoms with Crippen LogP contribution in [0.4, 0.5) is 11.6 Å². The standard InChI is InChI=1S/C12H20N4O/c1-9(2)15-11-6-12(14-8-13-11)16-5-3-4-10(17)7-16/h6,8-10,17H,3-5,7H2,1-2H3,(H,13,14,15). The van der Waals surface area contributed by atoms with Crippen LogP contribution in [0.15, 0.2) is 12.4 Å². The van der Waals surface area contributed by atoms with Crippen molar-refractivity contribution in [1.29, 1.82) is 0 Å². The third kappa shape index (κ3) is 3.30. The molecule has 5 heteroatoms. The van der Waals surface area contributed by atoms with Crippen molar-refractivity contribution in [3.63, 3.8) is 0 Å². The van der Waals surface area contributed by atoms with E-state index in [1.165, 1.54) is 0 Å². The number of hydrogen-bond donors (Lipinski definition) is 2. The highest BCUT2D eigenvalue weighted by Gasteiger charge is 2.19. The number of nitrogens with zero attached hydrogens (tertiary/aromatic N) is 3. The van der Waals surface area contributed by atoms with Crippen molar-refractivity contribution < 1.29 is 5.11 Å². The molecule has 1 saturated heterocycles. The predicted octanol–water partition coefficient (Wildman–Crippen LogP) is 1.26. The zero-order valence-corrected chi connectivity index (χ0v) is 10.4. The fourth-order valence-electron chi connectivity index (χ4n) is 2.06. The minimum Gasteiger partial charge on any atom is -0.391 e. The Morgan fingerprint density at radius 2 is 2.29 bits per heavy atom.